The zero-order valence-corrected chi connectivity index (χ0v) is 13.7. The number of para-hydroxylation sites is 1. The van der Waals surface area contributed by atoms with Gasteiger partial charge in [-0.3, -0.25) is 0 Å². The van der Waals surface area contributed by atoms with Crippen LogP contribution in [0.4, 0.5) is 10.1 Å². The lowest BCUT2D eigenvalue weighted by Crippen LogP contribution is -2.26. The molecule has 2 rings (SSSR count). The Kier molecular flexibility index (Phi) is 4.85. The van der Waals surface area contributed by atoms with E-state index < -0.39 is 9.84 Å². The second-order valence-electron chi connectivity index (χ2n) is 5.25. The number of halogens is 1. The van der Waals surface area contributed by atoms with Gasteiger partial charge >= 0.3 is 0 Å². The normalized spacial score (nSPS) is 13.1. The van der Waals surface area contributed by atoms with Crippen molar-refractivity contribution in [3.8, 4) is 5.69 Å². The van der Waals surface area contributed by atoms with Crippen molar-refractivity contribution in [2.24, 2.45) is 0 Å². The fraction of sp³-hybridized carbons (Fsp3) is 0.400. The minimum atomic E-state index is -3.05. The van der Waals surface area contributed by atoms with Crippen molar-refractivity contribution in [1.82, 2.24) is 9.78 Å². The lowest BCUT2D eigenvalue weighted by molar-refractivity contribution is 0.593. The van der Waals surface area contributed by atoms with Gasteiger partial charge in [-0.05, 0) is 26.0 Å². The van der Waals surface area contributed by atoms with Crippen LogP contribution in [0.15, 0.2) is 30.5 Å². The van der Waals surface area contributed by atoms with Crippen molar-refractivity contribution in [3.63, 3.8) is 0 Å². The van der Waals surface area contributed by atoms with E-state index >= 15 is 0 Å². The van der Waals surface area contributed by atoms with E-state index in [1.165, 1.54) is 10.7 Å². The summed E-state index contributed by atoms with van der Waals surface area (Å²) in [5.74, 6) is -0.192. The highest BCUT2D eigenvalue weighted by molar-refractivity contribution is 7.91. The maximum atomic E-state index is 13.8. The van der Waals surface area contributed by atoms with Gasteiger partial charge in [0.15, 0.2) is 9.84 Å². The minimum absolute atomic E-state index is 0.0494. The summed E-state index contributed by atoms with van der Waals surface area (Å²) in [7, 11) is -3.05. The molecule has 7 heteroatoms. The first-order valence-corrected chi connectivity index (χ1v) is 8.92. The quantitative estimate of drug-likeness (QED) is 0.886. The van der Waals surface area contributed by atoms with Crippen LogP contribution in [0.25, 0.3) is 5.69 Å². The van der Waals surface area contributed by atoms with E-state index in [1.54, 1.807) is 38.2 Å². The third-order valence-electron chi connectivity index (χ3n) is 3.44. The van der Waals surface area contributed by atoms with Crippen LogP contribution in [0.3, 0.4) is 0 Å². The van der Waals surface area contributed by atoms with E-state index in [-0.39, 0.29) is 23.4 Å². The summed E-state index contributed by atoms with van der Waals surface area (Å²) in [5, 5.41) is 7.31. The molecule has 22 heavy (non-hydrogen) atoms. The standard InChI is InChI=1S/C15H20FN3O2S/c1-4-22(20,21)10-11(2)18-14-9-17-19(12(14)3)15-8-6-5-7-13(15)16/h5-9,11,18H,4,10H2,1-3H3. The van der Waals surface area contributed by atoms with Crippen LogP contribution in [0, 0.1) is 12.7 Å². The highest BCUT2D eigenvalue weighted by Crippen LogP contribution is 2.21. The first-order chi connectivity index (χ1) is 10.3. The number of hydrogen-bond acceptors (Lipinski definition) is 4. The third kappa shape index (κ3) is 3.65. The molecule has 0 radical (unpaired) electrons. The molecule has 1 atom stereocenters. The number of nitrogens with zero attached hydrogens (tertiary/aromatic N) is 2. The van der Waals surface area contributed by atoms with Crippen LogP contribution in [0.5, 0.6) is 0 Å². The average Bonchev–Trinajstić information content (AvgIpc) is 2.80. The molecule has 0 amide bonds. The van der Waals surface area contributed by atoms with E-state index in [0.717, 1.165) is 5.69 Å². The van der Waals surface area contributed by atoms with Gasteiger partial charge in [0.1, 0.15) is 11.5 Å². The summed E-state index contributed by atoms with van der Waals surface area (Å²) in [6.07, 6.45) is 1.58. The van der Waals surface area contributed by atoms with Crippen molar-refractivity contribution >= 4 is 15.5 Å². The lowest BCUT2D eigenvalue weighted by Gasteiger charge is -2.14. The number of nitrogens with one attached hydrogen (secondary N) is 1. The average molecular weight is 325 g/mol. The van der Waals surface area contributed by atoms with Gasteiger partial charge in [0, 0.05) is 11.8 Å². The molecule has 1 aromatic heterocycles. The fourth-order valence-electron chi connectivity index (χ4n) is 2.22. The van der Waals surface area contributed by atoms with Gasteiger partial charge in [-0.15, -0.1) is 0 Å². The summed E-state index contributed by atoms with van der Waals surface area (Å²) in [6, 6.07) is 6.13. The van der Waals surface area contributed by atoms with Crippen LogP contribution < -0.4 is 5.32 Å². The van der Waals surface area contributed by atoms with E-state index in [0.29, 0.717) is 11.4 Å². The zero-order chi connectivity index (χ0) is 16.3. The number of benzene rings is 1. The van der Waals surface area contributed by atoms with Gasteiger partial charge in [-0.25, -0.2) is 17.5 Å². The minimum Gasteiger partial charge on any atom is -0.379 e. The number of sulfone groups is 1. The van der Waals surface area contributed by atoms with Gasteiger partial charge in [0.25, 0.3) is 0 Å². The smallest absolute Gasteiger partial charge is 0.152 e. The maximum Gasteiger partial charge on any atom is 0.152 e. The molecule has 1 N–H and O–H groups in total. The second kappa shape index (κ2) is 6.48. The second-order valence-corrected chi connectivity index (χ2v) is 7.65. The molecule has 0 aliphatic rings. The van der Waals surface area contributed by atoms with Gasteiger partial charge in [-0.1, -0.05) is 19.1 Å². The summed E-state index contributed by atoms with van der Waals surface area (Å²) >= 11 is 0. The molecule has 5 nitrogen and oxygen atoms in total. The zero-order valence-electron chi connectivity index (χ0n) is 12.9. The van der Waals surface area contributed by atoms with Crippen molar-refractivity contribution in [2.75, 3.05) is 16.8 Å². The molecule has 1 aromatic carbocycles. The number of hydrogen-bond donors (Lipinski definition) is 1. The molecule has 0 bridgehead atoms. The Morgan fingerprint density at radius 2 is 2.05 bits per heavy atom. The number of rotatable bonds is 6. The predicted molar refractivity (Wildman–Crippen MR) is 85.7 cm³/mol. The summed E-state index contributed by atoms with van der Waals surface area (Å²) in [5.41, 5.74) is 1.79. The molecule has 120 valence electrons. The summed E-state index contributed by atoms with van der Waals surface area (Å²) < 4.78 is 38.6. The van der Waals surface area contributed by atoms with Crippen LogP contribution in [-0.4, -0.2) is 35.7 Å². The van der Waals surface area contributed by atoms with Crippen LogP contribution in [0.2, 0.25) is 0 Å². The van der Waals surface area contributed by atoms with Crippen molar-refractivity contribution in [3.05, 3.63) is 42.0 Å². The Morgan fingerprint density at radius 3 is 2.68 bits per heavy atom. The first kappa shape index (κ1) is 16.5. The highest BCUT2D eigenvalue weighted by atomic mass is 32.2. The summed E-state index contributed by atoms with van der Waals surface area (Å²) in [6.45, 7) is 5.24. The third-order valence-corrected chi connectivity index (χ3v) is 5.32. The molecular formula is C15H20FN3O2S. The monoisotopic (exact) mass is 325 g/mol. The molecule has 0 spiro atoms. The van der Waals surface area contributed by atoms with E-state index in [9.17, 15) is 12.8 Å². The predicted octanol–water partition coefficient (Wildman–Crippen LogP) is 2.55. The molecule has 0 saturated carbocycles. The number of anilines is 1. The first-order valence-electron chi connectivity index (χ1n) is 7.10. The Hall–Kier alpha value is -1.89. The SMILES string of the molecule is CCS(=O)(=O)CC(C)Nc1cnn(-c2ccccc2F)c1C. The Balaban J connectivity index is 2.20. The van der Waals surface area contributed by atoms with Gasteiger partial charge in [0.05, 0.1) is 23.3 Å². The maximum absolute atomic E-state index is 13.8. The van der Waals surface area contributed by atoms with E-state index in [4.69, 9.17) is 0 Å². The molecule has 0 saturated heterocycles. The van der Waals surface area contributed by atoms with Crippen LogP contribution in [-0.2, 0) is 9.84 Å². The van der Waals surface area contributed by atoms with Crippen molar-refractivity contribution in [1.29, 1.82) is 0 Å². The topological polar surface area (TPSA) is 64.0 Å². The van der Waals surface area contributed by atoms with Gasteiger partial charge in [-0.2, -0.15) is 5.10 Å². The summed E-state index contributed by atoms with van der Waals surface area (Å²) in [4.78, 5) is 0. The molecule has 0 fully saturated rings. The van der Waals surface area contributed by atoms with Gasteiger partial charge < -0.3 is 5.32 Å². The Morgan fingerprint density at radius 1 is 1.36 bits per heavy atom. The molecule has 0 aliphatic carbocycles. The van der Waals surface area contributed by atoms with E-state index in [1.807, 2.05) is 6.92 Å². The van der Waals surface area contributed by atoms with Crippen LogP contribution in [0.1, 0.15) is 19.5 Å². The Bertz CT molecular complexity index is 756. The molecule has 1 unspecified atom stereocenters. The molecule has 2 aromatic rings. The molecule has 1 heterocycles. The number of aromatic nitrogens is 2. The fourth-order valence-corrected chi connectivity index (χ4v) is 3.30. The van der Waals surface area contributed by atoms with Crippen molar-refractivity contribution in [2.45, 2.75) is 26.8 Å². The van der Waals surface area contributed by atoms with E-state index in [2.05, 4.69) is 10.4 Å². The lowest BCUT2D eigenvalue weighted by atomic mass is 10.3. The Labute approximate surface area is 130 Å². The molecular weight excluding hydrogens is 305 g/mol. The van der Waals surface area contributed by atoms with Gasteiger partial charge in [0.2, 0.25) is 0 Å². The largest absolute Gasteiger partial charge is 0.379 e. The van der Waals surface area contributed by atoms with Crippen LogP contribution >= 0.6 is 0 Å². The molecule has 0 aliphatic heterocycles. The highest BCUT2D eigenvalue weighted by Gasteiger charge is 2.16. The van der Waals surface area contributed by atoms with Crippen molar-refractivity contribution < 1.29 is 12.8 Å².